The highest BCUT2D eigenvalue weighted by Crippen LogP contribution is 2.25. The van der Waals surface area contributed by atoms with Gasteiger partial charge in [0.2, 0.25) is 5.09 Å². The maximum atomic E-state index is 12.6. The summed E-state index contributed by atoms with van der Waals surface area (Å²) >= 11 is 0. The first kappa shape index (κ1) is 19.0. The van der Waals surface area contributed by atoms with Crippen LogP contribution < -0.4 is 4.90 Å². The van der Waals surface area contributed by atoms with E-state index in [1.165, 1.54) is 4.31 Å². The Balaban J connectivity index is 1.37. The van der Waals surface area contributed by atoms with Gasteiger partial charge in [-0.15, -0.1) is 0 Å². The highest BCUT2D eigenvalue weighted by Gasteiger charge is 2.30. The van der Waals surface area contributed by atoms with Crippen LogP contribution in [0.15, 0.2) is 45.9 Å². The van der Waals surface area contributed by atoms with Gasteiger partial charge in [0.25, 0.3) is 10.0 Å². The van der Waals surface area contributed by atoms with Gasteiger partial charge in [-0.1, -0.05) is 12.1 Å². The molecule has 4 rings (SSSR count). The molecule has 0 aliphatic carbocycles. The van der Waals surface area contributed by atoms with Crippen LogP contribution >= 0.6 is 0 Å². The van der Waals surface area contributed by atoms with E-state index in [2.05, 4.69) is 15.9 Å². The fourth-order valence-corrected chi connectivity index (χ4v) is 5.29. The van der Waals surface area contributed by atoms with Crippen molar-refractivity contribution in [3.63, 3.8) is 0 Å². The van der Waals surface area contributed by atoms with Crippen LogP contribution in [0.4, 0.5) is 5.69 Å². The Morgan fingerprint density at radius 3 is 2.39 bits per heavy atom. The van der Waals surface area contributed by atoms with Crippen molar-refractivity contribution in [1.82, 2.24) is 9.21 Å². The lowest BCUT2D eigenvalue weighted by molar-refractivity contribution is 0.223. The smallest absolute Gasteiger partial charge is 0.276 e. The molecule has 0 unspecified atom stereocenters. The zero-order valence-corrected chi connectivity index (χ0v) is 16.6. The summed E-state index contributed by atoms with van der Waals surface area (Å²) in [5.41, 5.74) is 1.67. The average molecular weight is 401 g/mol. The molecule has 2 fully saturated rings. The summed E-state index contributed by atoms with van der Waals surface area (Å²) < 4.78 is 32.4. The van der Waals surface area contributed by atoms with Crippen molar-refractivity contribution in [1.29, 1.82) is 5.26 Å². The van der Waals surface area contributed by atoms with E-state index in [1.54, 1.807) is 12.1 Å². The normalized spacial score (nSPS) is 19.0. The lowest BCUT2D eigenvalue weighted by atomic mass is 10.1. The summed E-state index contributed by atoms with van der Waals surface area (Å²) in [5.74, 6) is 0.670. The molecule has 0 N–H and O–H groups in total. The van der Waals surface area contributed by atoms with Gasteiger partial charge in [0.15, 0.2) is 0 Å². The molecule has 2 saturated heterocycles. The van der Waals surface area contributed by atoms with Gasteiger partial charge in [0.05, 0.1) is 17.8 Å². The SMILES string of the molecule is N#Cc1ccccc1N1CCN(Cc2ccc(S(=O)(=O)N3CCCC3)o2)CC1. The van der Waals surface area contributed by atoms with Crippen molar-refractivity contribution in [2.24, 2.45) is 0 Å². The number of hydrogen-bond acceptors (Lipinski definition) is 6. The molecule has 2 aromatic rings. The minimum Gasteiger partial charge on any atom is -0.447 e. The summed E-state index contributed by atoms with van der Waals surface area (Å²) in [6.07, 6.45) is 1.82. The lowest BCUT2D eigenvalue weighted by Gasteiger charge is -2.36. The first-order valence-corrected chi connectivity index (χ1v) is 11.1. The standard InChI is InChI=1S/C20H24N4O3S/c21-15-17-5-1-2-6-19(17)23-13-11-22(12-14-23)16-18-7-8-20(27-18)28(25,26)24-9-3-4-10-24/h1-2,5-8H,3-4,9-14,16H2. The van der Waals surface area contributed by atoms with Crippen molar-refractivity contribution in [3.05, 3.63) is 47.7 Å². The predicted octanol–water partition coefficient (Wildman–Crippen LogP) is 2.26. The Hall–Kier alpha value is -2.34. The topological polar surface area (TPSA) is 80.8 Å². The van der Waals surface area contributed by atoms with Crippen LogP contribution in [0.3, 0.4) is 0 Å². The summed E-state index contributed by atoms with van der Waals surface area (Å²) in [4.78, 5) is 4.47. The maximum absolute atomic E-state index is 12.6. The van der Waals surface area contributed by atoms with E-state index in [9.17, 15) is 13.7 Å². The largest absolute Gasteiger partial charge is 0.447 e. The van der Waals surface area contributed by atoms with Crippen LogP contribution in [0, 0.1) is 11.3 Å². The quantitative estimate of drug-likeness (QED) is 0.766. The molecule has 0 radical (unpaired) electrons. The van der Waals surface area contributed by atoms with Gasteiger partial charge in [-0.05, 0) is 37.1 Å². The summed E-state index contributed by atoms with van der Waals surface area (Å²) in [7, 11) is -3.50. The molecular formula is C20H24N4O3S. The fourth-order valence-electron chi connectivity index (χ4n) is 3.85. The second-order valence-electron chi connectivity index (χ2n) is 7.22. The number of rotatable bonds is 5. The second-order valence-corrected chi connectivity index (χ2v) is 9.09. The number of sulfonamides is 1. The average Bonchev–Trinajstić information content (AvgIpc) is 3.41. The molecule has 1 aromatic heterocycles. The summed E-state index contributed by atoms with van der Waals surface area (Å²) in [6.45, 7) is 5.03. The molecular weight excluding hydrogens is 376 g/mol. The number of nitrogens with zero attached hydrogens (tertiary/aromatic N) is 4. The number of nitriles is 1. The van der Waals surface area contributed by atoms with E-state index in [1.807, 2.05) is 24.3 Å². The van der Waals surface area contributed by atoms with Crippen molar-refractivity contribution in [2.75, 3.05) is 44.2 Å². The van der Waals surface area contributed by atoms with E-state index < -0.39 is 10.0 Å². The molecule has 28 heavy (non-hydrogen) atoms. The lowest BCUT2D eigenvalue weighted by Crippen LogP contribution is -2.46. The van der Waals surface area contributed by atoms with Crippen LogP contribution in [0.25, 0.3) is 0 Å². The molecule has 3 heterocycles. The molecule has 0 spiro atoms. The molecule has 2 aliphatic rings. The third kappa shape index (κ3) is 3.78. The molecule has 8 heteroatoms. The van der Waals surface area contributed by atoms with Gasteiger partial charge in [-0.3, -0.25) is 4.90 Å². The minimum absolute atomic E-state index is 0.0472. The molecule has 7 nitrogen and oxygen atoms in total. The molecule has 148 valence electrons. The van der Waals surface area contributed by atoms with E-state index in [4.69, 9.17) is 4.42 Å². The minimum atomic E-state index is -3.50. The molecule has 0 amide bonds. The van der Waals surface area contributed by atoms with Crippen LogP contribution in [-0.4, -0.2) is 56.9 Å². The molecule has 0 atom stereocenters. The fraction of sp³-hybridized carbons (Fsp3) is 0.450. The Labute approximate surface area is 165 Å². The molecule has 0 bridgehead atoms. The van der Waals surface area contributed by atoms with Crippen molar-refractivity contribution in [3.8, 4) is 6.07 Å². The Morgan fingerprint density at radius 2 is 1.68 bits per heavy atom. The van der Waals surface area contributed by atoms with Crippen molar-refractivity contribution >= 4 is 15.7 Å². The van der Waals surface area contributed by atoms with Crippen LogP contribution in [0.1, 0.15) is 24.2 Å². The van der Waals surface area contributed by atoms with Crippen LogP contribution in [-0.2, 0) is 16.6 Å². The highest BCUT2D eigenvalue weighted by molar-refractivity contribution is 7.89. The van der Waals surface area contributed by atoms with Crippen LogP contribution in [0.2, 0.25) is 0 Å². The predicted molar refractivity (Wildman–Crippen MR) is 105 cm³/mol. The number of anilines is 1. The van der Waals surface area contributed by atoms with E-state index in [0.29, 0.717) is 31.0 Å². The Kier molecular flexibility index (Phi) is 5.40. The van der Waals surface area contributed by atoms with Crippen molar-refractivity contribution in [2.45, 2.75) is 24.5 Å². The number of hydrogen-bond donors (Lipinski definition) is 0. The highest BCUT2D eigenvalue weighted by atomic mass is 32.2. The third-order valence-corrected chi connectivity index (χ3v) is 7.19. The molecule has 1 aromatic carbocycles. The number of para-hydroxylation sites is 1. The summed E-state index contributed by atoms with van der Waals surface area (Å²) in [5, 5.41) is 9.34. The van der Waals surface area contributed by atoms with Gasteiger partial charge >= 0.3 is 0 Å². The van der Waals surface area contributed by atoms with Gasteiger partial charge in [0.1, 0.15) is 11.8 Å². The zero-order valence-electron chi connectivity index (χ0n) is 15.7. The number of benzene rings is 1. The monoisotopic (exact) mass is 400 g/mol. The van der Waals surface area contributed by atoms with Gasteiger partial charge in [-0.25, -0.2) is 8.42 Å². The second kappa shape index (κ2) is 7.95. The van der Waals surface area contributed by atoms with Crippen LogP contribution in [0.5, 0.6) is 0 Å². The molecule has 2 aliphatic heterocycles. The van der Waals surface area contributed by atoms with E-state index >= 15 is 0 Å². The first-order valence-electron chi connectivity index (χ1n) is 9.63. The number of furan rings is 1. The van der Waals surface area contributed by atoms with E-state index in [-0.39, 0.29) is 5.09 Å². The number of piperazine rings is 1. The third-order valence-electron chi connectivity index (χ3n) is 5.41. The first-order chi connectivity index (χ1) is 13.6. The van der Waals surface area contributed by atoms with Crippen molar-refractivity contribution < 1.29 is 12.8 Å². The van der Waals surface area contributed by atoms with Gasteiger partial charge in [0, 0.05) is 39.3 Å². The zero-order chi connectivity index (χ0) is 19.6. The molecule has 0 saturated carbocycles. The maximum Gasteiger partial charge on any atom is 0.276 e. The van der Waals surface area contributed by atoms with Gasteiger partial charge < -0.3 is 9.32 Å². The van der Waals surface area contributed by atoms with E-state index in [0.717, 1.165) is 44.7 Å². The summed E-state index contributed by atoms with van der Waals surface area (Å²) in [6, 6.07) is 13.2. The Morgan fingerprint density at radius 1 is 0.964 bits per heavy atom. The van der Waals surface area contributed by atoms with Gasteiger partial charge in [-0.2, -0.15) is 9.57 Å². The Bertz CT molecular complexity index is 965.